The fraction of sp³-hybridized carbons (Fsp3) is 0.500. The van der Waals surface area contributed by atoms with Crippen LogP contribution >= 0.6 is 22.7 Å². The van der Waals surface area contributed by atoms with E-state index in [4.69, 9.17) is 4.74 Å². The Labute approximate surface area is 155 Å². The summed E-state index contributed by atoms with van der Waals surface area (Å²) in [4.78, 5) is 29.8. The quantitative estimate of drug-likeness (QED) is 0.758. The van der Waals surface area contributed by atoms with Crippen LogP contribution in [-0.2, 0) is 10.2 Å². The van der Waals surface area contributed by atoms with Gasteiger partial charge in [0.2, 0.25) is 0 Å². The predicted molar refractivity (Wildman–Crippen MR) is 101 cm³/mol. The lowest BCUT2D eigenvalue weighted by Crippen LogP contribution is -2.14. The first-order valence-corrected chi connectivity index (χ1v) is 10.1. The van der Waals surface area contributed by atoms with E-state index in [1.165, 1.54) is 22.7 Å². The van der Waals surface area contributed by atoms with Crippen LogP contribution in [0.2, 0.25) is 0 Å². The molecule has 7 heteroatoms. The van der Waals surface area contributed by atoms with Gasteiger partial charge in [0.05, 0.1) is 23.4 Å². The molecule has 5 nitrogen and oxygen atoms in total. The maximum absolute atomic E-state index is 12.6. The largest absolute Gasteiger partial charge is 0.462 e. The molecule has 134 valence electrons. The molecule has 25 heavy (non-hydrogen) atoms. The normalized spacial score (nSPS) is 14.4. The number of nitrogens with one attached hydrogen (secondary N) is 1. The van der Waals surface area contributed by atoms with Crippen LogP contribution in [-0.4, -0.2) is 23.5 Å². The second-order valence-electron chi connectivity index (χ2n) is 7.12. The van der Waals surface area contributed by atoms with Gasteiger partial charge in [0.1, 0.15) is 9.88 Å². The second kappa shape index (κ2) is 6.88. The average Bonchev–Trinajstić information content (AvgIpc) is 3.09. The smallest absolute Gasteiger partial charge is 0.341 e. The summed E-state index contributed by atoms with van der Waals surface area (Å²) in [5, 5.41) is 6.32. The van der Waals surface area contributed by atoms with Crippen molar-refractivity contribution in [2.45, 2.75) is 51.9 Å². The molecule has 1 amide bonds. The van der Waals surface area contributed by atoms with Crippen LogP contribution in [0.3, 0.4) is 0 Å². The third kappa shape index (κ3) is 3.93. The lowest BCUT2D eigenvalue weighted by atomic mass is 9.98. The first-order valence-electron chi connectivity index (χ1n) is 8.37. The first-order chi connectivity index (χ1) is 11.8. The summed E-state index contributed by atoms with van der Waals surface area (Å²) in [5.74, 6) is -0.180. The highest BCUT2D eigenvalue weighted by molar-refractivity contribution is 7.15. The molecular formula is C18H22N2O3S2. The molecule has 2 aromatic heterocycles. The lowest BCUT2D eigenvalue weighted by molar-refractivity contribution is 0.0527. The molecule has 1 aliphatic rings. The maximum atomic E-state index is 12.6. The maximum Gasteiger partial charge on any atom is 0.341 e. The topological polar surface area (TPSA) is 68.3 Å². The number of thiazole rings is 1. The van der Waals surface area contributed by atoms with Gasteiger partial charge in [-0.25, -0.2) is 9.78 Å². The van der Waals surface area contributed by atoms with Crippen LogP contribution in [0, 0.1) is 0 Å². The van der Waals surface area contributed by atoms with Gasteiger partial charge in [-0.05, 0) is 36.6 Å². The Balaban J connectivity index is 1.83. The van der Waals surface area contributed by atoms with Crippen molar-refractivity contribution in [1.29, 1.82) is 0 Å². The minimum atomic E-state index is -0.361. The highest BCUT2D eigenvalue weighted by Crippen LogP contribution is 2.46. The van der Waals surface area contributed by atoms with Gasteiger partial charge < -0.3 is 10.1 Å². The van der Waals surface area contributed by atoms with E-state index in [-0.39, 0.29) is 17.3 Å². The van der Waals surface area contributed by atoms with Gasteiger partial charge in [-0.1, -0.05) is 20.8 Å². The number of hydrogen-bond donors (Lipinski definition) is 1. The van der Waals surface area contributed by atoms with Crippen LogP contribution in [0.25, 0.3) is 0 Å². The number of thiophene rings is 1. The number of hydrogen-bond acceptors (Lipinski definition) is 6. The van der Waals surface area contributed by atoms with Crippen LogP contribution in [0.5, 0.6) is 0 Å². The van der Waals surface area contributed by atoms with Gasteiger partial charge in [0.25, 0.3) is 5.91 Å². The van der Waals surface area contributed by atoms with Gasteiger partial charge in [-0.3, -0.25) is 4.79 Å². The molecule has 1 N–H and O–H groups in total. The number of rotatable bonds is 5. The predicted octanol–water partition coefficient (Wildman–Crippen LogP) is 4.81. The molecule has 1 saturated carbocycles. The van der Waals surface area contributed by atoms with Gasteiger partial charge in [-0.15, -0.1) is 22.7 Å². The Kier molecular flexibility index (Phi) is 4.97. The van der Waals surface area contributed by atoms with Gasteiger partial charge in [-0.2, -0.15) is 0 Å². The van der Waals surface area contributed by atoms with Crippen molar-refractivity contribution in [1.82, 2.24) is 4.98 Å². The SMILES string of the molecule is CCOC(=O)c1c(C2CC2)csc1NC(=O)c1cnc(C(C)(C)C)s1. The van der Waals surface area contributed by atoms with Crippen LogP contribution in [0.4, 0.5) is 5.00 Å². The van der Waals surface area contributed by atoms with E-state index < -0.39 is 0 Å². The van der Waals surface area contributed by atoms with Crippen molar-refractivity contribution in [2.24, 2.45) is 0 Å². The number of esters is 1. The number of amides is 1. The number of anilines is 1. The van der Waals surface area contributed by atoms with E-state index in [9.17, 15) is 9.59 Å². The zero-order chi connectivity index (χ0) is 18.2. The summed E-state index contributed by atoms with van der Waals surface area (Å²) >= 11 is 2.77. The lowest BCUT2D eigenvalue weighted by Gasteiger charge is -2.13. The van der Waals surface area contributed by atoms with E-state index in [2.05, 4.69) is 31.1 Å². The van der Waals surface area contributed by atoms with Crippen molar-refractivity contribution in [3.8, 4) is 0 Å². The summed E-state index contributed by atoms with van der Waals surface area (Å²) in [6.45, 7) is 8.29. The molecule has 0 saturated heterocycles. The minimum Gasteiger partial charge on any atom is -0.462 e. The molecule has 0 spiro atoms. The van der Waals surface area contributed by atoms with Gasteiger partial charge in [0, 0.05) is 5.41 Å². The summed E-state index contributed by atoms with van der Waals surface area (Å²) < 4.78 is 5.19. The van der Waals surface area contributed by atoms with Crippen molar-refractivity contribution in [2.75, 3.05) is 11.9 Å². The summed E-state index contributed by atoms with van der Waals surface area (Å²) in [7, 11) is 0. The van der Waals surface area contributed by atoms with E-state index in [1.54, 1.807) is 13.1 Å². The average molecular weight is 379 g/mol. The monoisotopic (exact) mass is 378 g/mol. The van der Waals surface area contributed by atoms with E-state index >= 15 is 0 Å². The third-order valence-corrected chi connectivity index (χ3v) is 6.25. The number of ether oxygens (including phenoxy) is 1. The molecule has 1 aliphatic carbocycles. The first kappa shape index (κ1) is 18.1. The van der Waals surface area contributed by atoms with E-state index in [0.29, 0.717) is 28.0 Å². The van der Waals surface area contributed by atoms with Crippen LogP contribution < -0.4 is 5.32 Å². The van der Waals surface area contributed by atoms with Crippen molar-refractivity contribution < 1.29 is 14.3 Å². The Morgan fingerprint density at radius 2 is 2.08 bits per heavy atom. The fourth-order valence-electron chi connectivity index (χ4n) is 2.46. The zero-order valence-electron chi connectivity index (χ0n) is 14.8. The molecule has 0 atom stereocenters. The van der Waals surface area contributed by atoms with Crippen molar-refractivity contribution in [3.63, 3.8) is 0 Å². The highest BCUT2D eigenvalue weighted by Gasteiger charge is 2.32. The minimum absolute atomic E-state index is 0.0959. The number of carbonyl (C=O) groups excluding carboxylic acids is 2. The summed E-state index contributed by atoms with van der Waals surface area (Å²) in [6, 6.07) is 0. The van der Waals surface area contributed by atoms with Crippen LogP contribution in [0.1, 0.15) is 77.1 Å². The standard InChI is InChI=1S/C18H22N2O3S2/c1-5-23-16(22)13-11(10-6-7-10)9-24-15(13)20-14(21)12-8-19-17(25-12)18(2,3)4/h8-10H,5-7H2,1-4H3,(H,20,21). The summed E-state index contributed by atoms with van der Waals surface area (Å²) in [6.07, 6.45) is 3.76. The number of carbonyl (C=O) groups is 2. The molecule has 0 radical (unpaired) electrons. The van der Waals surface area contributed by atoms with Crippen molar-refractivity contribution in [3.05, 3.63) is 32.6 Å². The second-order valence-corrected chi connectivity index (χ2v) is 9.03. The third-order valence-electron chi connectivity index (χ3n) is 3.91. The Morgan fingerprint density at radius 1 is 1.36 bits per heavy atom. The Hall–Kier alpha value is -1.73. The molecule has 1 fully saturated rings. The van der Waals surface area contributed by atoms with Gasteiger partial charge in [0.15, 0.2) is 0 Å². The van der Waals surface area contributed by atoms with E-state index in [0.717, 1.165) is 23.4 Å². The molecule has 0 bridgehead atoms. The van der Waals surface area contributed by atoms with Gasteiger partial charge >= 0.3 is 5.97 Å². The molecule has 0 unspecified atom stereocenters. The molecule has 2 aromatic rings. The summed E-state index contributed by atoms with van der Waals surface area (Å²) in [5.41, 5.74) is 1.42. The van der Waals surface area contributed by atoms with E-state index in [1.807, 2.05) is 5.38 Å². The molecule has 2 heterocycles. The highest BCUT2D eigenvalue weighted by atomic mass is 32.1. The zero-order valence-corrected chi connectivity index (χ0v) is 16.5. The molecule has 0 aliphatic heterocycles. The fourth-order valence-corrected chi connectivity index (χ4v) is 4.36. The Bertz CT molecular complexity index is 798. The van der Waals surface area contributed by atoms with Crippen molar-refractivity contribution >= 4 is 39.6 Å². The molecule has 0 aromatic carbocycles. The molecule has 3 rings (SSSR count). The molecular weight excluding hydrogens is 356 g/mol. The Morgan fingerprint density at radius 3 is 2.64 bits per heavy atom. The number of nitrogens with zero attached hydrogens (tertiary/aromatic N) is 1. The van der Waals surface area contributed by atoms with Crippen LogP contribution in [0.15, 0.2) is 11.6 Å². The number of aromatic nitrogens is 1.